The molecule has 2 aromatic heterocycles. The Kier molecular flexibility index (Phi) is 4.66. The van der Waals surface area contributed by atoms with Gasteiger partial charge in [0.1, 0.15) is 11.6 Å². The molecule has 0 aliphatic carbocycles. The maximum atomic E-state index is 13.0. The first-order chi connectivity index (χ1) is 11.5. The molecule has 0 radical (unpaired) electrons. The molecule has 0 saturated heterocycles. The fraction of sp³-hybridized carbons (Fsp3) is 0.167. The van der Waals surface area contributed by atoms with Crippen LogP contribution in [0.4, 0.5) is 5.82 Å². The third-order valence-electron chi connectivity index (χ3n) is 3.55. The lowest BCUT2D eigenvalue weighted by Crippen LogP contribution is -2.32. The van der Waals surface area contributed by atoms with Gasteiger partial charge < -0.3 is 4.42 Å². The highest BCUT2D eigenvalue weighted by atomic mass is 32.2. The largest absolute Gasteiger partial charge is 0.467 e. The molecule has 0 bridgehead atoms. The molecule has 6 heteroatoms. The fourth-order valence-corrected chi connectivity index (χ4v) is 3.93. The molecule has 0 aliphatic rings. The lowest BCUT2D eigenvalue weighted by Gasteiger charge is -2.22. The summed E-state index contributed by atoms with van der Waals surface area (Å²) >= 11 is 0. The second kappa shape index (κ2) is 6.88. The molecule has 0 fully saturated rings. The number of sulfonamides is 1. The summed E-state index contributed by atoms with van der Waals surface area (Å²) in [7, 11) is -3.61. The topological polar surface area (TPSA) is 63.4 Å². The van der Waals surface area contributed by atoms with Gasteiger partial charge >= 0.3 is 0 Å². The number of pyridine rings is 1. The summed E-state index contributed by atoms with van der Waals surface area (Å²) in [6.45, 7) is 2.05. The van der Waals surface area contributed by atoms with E-state index in [1.165, 1.54) is 10.6 Å². The van der Waals surface area contributed by atoms with Crippen LogP contribution in [0, 0.1) is 6.92 Å². The van der Waals surface area contributed by atoms with Gasteiger partial charge in [-0.05, 0) is 36.8 Å². The Balaban J connectivity index is 1.94. The Morgan fingerprint density at radius 1 is 1.08 bits per heavy atom. The number of aryl methyl sites for hydroxylation is 1. The molecule has 5 nitrogen and oxygen atoms in total. The lowest BCUT2D eigenvalue weighted by atomic mass is 10.2. The zero-order valence-corrected chi connectivity index (χ0v) is 14.1. The molecule has 0 saturated carbocycles. The summed E-state index contributed by atoms with van der Waals surface area (Å²) in [6, 6.07) is 16.2. The van der Waals surface area contributed by atoms with Crippen molar-refractivity contribution < 1.29 is 12.8 Å². The number of nitrogens with zero attached hydrogens (tertiary/aromatic N) is 2. The number of benzene rings is 1. The van der Waals surface area contributed by atoms with E-state index in [9.17, 15) is 8.42 Å². The van der Waals surface area contributed by atoms with Crippen molar-refractivity contribution in [3.8, 4) is 0 Å². The molecule has 0 aliphatic heterocycles. The first-order valence-electron chi connectivity index (χ1n) is 7.54. The quantitative estimate of drug-likeness (QED) is 0.687. The third-order valence-corrected chi connectivity index (χ3v) is 5.24. The highest BCUT2D eigenvalue weighted by Crippen LogP contribution is 2.22. The molecule has 3 aromatic rings. The Morgan fingerprint density at radius 2 is 1.96 bits per heavy atom. The van der Waals surface area contributed by atoms with Crippen LogP contribution in [0.3, 0.4) is 0 Å². The number of aromatic nitrogens is 1. The SMILES string of the molecule is Cc1cccc(CS(=O)(=O)N(Cc2ccco2)c2ccccn2)c1. The summed E-state index contributed by atoms with van der Waals surface area (Å²) < 4.78 is 32.6. The van der Waals surface area contributed by atoms with E-state index in [2.05, 4.69) is 4.98 Å². The van der Waals surface area contributed by atoms with Gasteiger partial charge in [-0.1, -0.05) is 35.9 Å². The molecule has 24 heavy (non-hydrogen) atoms. The molecule has 0 N–H and O–H groups in total. The van der Waals surface area contributed by atoms with E-state index in [0.717, 1.165) is 11.1 Å². The molecule has 0 amide bonds. The van der Waals surface area contributed by atoms with Crippen molar-refractivity contribution in [2.45, 2.75) is 19.2 Å². The van der Waals surface area contributed by atoms with Crippen molar-refractivity contribution >= 4 is 15.8 Å². The van der Waals surface area contributed by atoms with Crippen LogP contribution >= 0.6 is 0 Å². The van der Waals surface area contributed by atoms with Crippen LogP contribution in [0.15, 0.2) is 71.5 Å². The minimum Gasteiger partial charge on any atom is -0.467 e. The maximum absolute atomic E-state index is 13.0. The minimum atomic E-state index is -3.61. The standard InChI is InChI=1S/C18H18N2O3S/c1-15-6-4-7-16(12-15)14-24(21,22)20(13-17-8-5-11-23-17)18-9-2-3-10-19-18/h2-12H,13-14H2,1H3. The van der Waals surface area contributed by atoms with Gasteiger partial charge in [0.2, 0.25) is 10.0 Å². The van der Waals surface area contributed by atoms with E-state index >= 15 is 0 Å². The van der Waals surface area contributed by atoms with Crippen LogP contribution in [0.1, 0.15) is 16.9 Å². The fourth-order valence-electron chi connectivity index (χ4n) is 2.46. The van der Waals surface area contributed by atoms with Crippen LogP contribution < -0.4 is 4.31 Å². The Hall–Kier alpha value is -2.60. The van der Waals surface area contributed by atoms with Crippen LogP contribution in [0.2, 0.25) is 0 Å². The number of furan rings is 1. The average molecular weight is 342 g/mol. The zero-order valence-electron chi connectivity index (χ0n) is 13.3. The van der Waals surface area contributed by atoms with E-state index < -0.39 is 10.0 Å². The molecular formula is C18H18N2O3S. The van der Waals surface area contributed by atoms with E-state index in [1.54, 1.807) is 36.5 Å². The van der Waals surface area contributed by atoms with Crippen molar-refractivity contribution in [1.82, 2.24) is 4.98 Å². The van der Waals surface area contributed by atoms with Gasteiger partial charge in [-0.25, -0.2) is 17.7 Å². The second-order valence-electron chi connectivity index (χ2n) is 5.52. The first-order valence-corrected chi connectivity index (χ1v) is 9.15. The summed E-state index contributed by atoms with van der Waals surface area (Å²) in [5.74, 6) is 0.849. The summed E-state index contributed by atoms with van der Waals surface area (Å²) in [5.41, 5.74) is 1.77. The van der Waals surface area contributed by atoms with E-state index in [-0.39, 0.29) is 12.3 Å². The molecule has 3 rings (SSSR count). The highest BCUT2D eigenvalue weighted by Gasteiger charge is 2.25. The summed E-state index contributed by atoms with van der Waals surface area (Å²) in [6.07, 6.45) is 3.10. The number of anilines is 1. The van der Waals surface area contributed by atoms with Crippen molar-refractivity contribution in [2.24, 2.45) is 0 Å². The summed E-state index contributed by atoms with van der Waals surface area (Å²) in [5, 5.41) is 0. The minimum absolute atomic E-state index is 0.0913. The van der Waals surface area contributed by atoms with Gasteiger partial charge in [0.25, 0.3) is 0 Å². The third kappa shape index (κ3) is 3.83. The van der Waals surface area contributed by atoms with Crippen molar-refractivity contribution in [2.75, 3.05) is 4.31 Å². The molecule has 1 aromatic carbocycles. The highest BCUT2D eigenvalue weighted by molar-refractivity contribution is 7.92. The van der Waals surface area contributed by atoms with Gasteiger partial charge in [0, 0.05) is 6.20 Å². The predicted molar refractivity (Wildman–Crippen MR) is 92.9 cm³/mol. The average Bonchev–Trinajstić information content (AvgIpc) is 3.06. The lowest BCUT2D eigenvalue weighted by molar-refractivity contribution is 0.508. The normalized spacial score (nSPS) is 11.4. The van der Waals surface area contributed by atoms with E-state index in [0.29, 0.717) is 11.6 Å². The van der Waals surface area contributed by atoms with Crippen LogP contribution in [0.5, 0.6) is 0 Å². The summed E-state index contributed by atoms with van der Waals surface area (Å²) in [4.78, 5) is 4.19. The molecular weight excluding hydrogens is 324 g/mol. The van der Waals surface area contributed by atoms with Crippen LogP contribution in [-0.4, -0.2) is 13.4 Å². The molecule has 2 heterocycles. The molecule has 0 unspecified atom stereocenters. The van der Waals surface area contributed by atoms with Gasteiger partial charge in [0.15, 0.2) is 0 Å². The van der Waals surface area contributed by atoms with E-state index in [4.69, 9.17) is 4.42 Å². The van der Waals surface area contributed by atoms with Crippen LogP contribution in [-0.2, 0) is 22.3 Å². The Bertz CT molecular complexity index is 891. The zero-order chi connectivity index (χ0) is 17.0. The van der Waals surface area contributed by atoms with Gasteiger partial charge in [0.05, 0.1) is 18.6 Å². The Labute approximate surface area is 141 Å². The predicted octanol–water partition coefficient (Wildman–Crippen LogP) is 3.52. The molecule has 124 valence electrons. The molecule has 0 atom stereocenters. The monoisotopic (exact) mass is 342 g/mol. The maximum Gasteiger partial charge on any atom is 0.240 e. The van der Waals surface area contributed by atoms with Gasteiger partial charge in [-0.3, -0.25) is 0 Å². The number of hydrogen-bond donors (Lipinski definition) is 0. The second-order valence-corrected chi connectivity index (χ2v) is 7.41. The molecule has 0 spiro atoms. The number of hydrogen-bond acceptors (Lipinski definition) is 4. The first kappa shape index (κ1) is 16.3. The van der Waals surface area contributed by atoms with Crippen molar-refractivity contribution in [3.05, 3.63) is 83.9 Å². The van der Waals surface area contributed by atoms with Crippen molar-refractivity contribution in [1.29, 1.82) is 0 Å². The van der Waals surface area contributed by atoms with Gasteiger partial charge in [-0.15, -0.1) is 0 Å². The smallest absolute Gasteiger partial charge is 0.240 e. The van der Waals surface area contributed by atoms with E-state index in [1.807, 2.05) is 31.2 Å². The Morgan fingerprint density at radius 3 is 2.62 bits per heavy atom. The van der Waals surface area contributed by atoms with Crippen LogP contribution in [0.25, 0.3) is 0 Å². The number of rotatable bonds is 6. The van der Waals surface area contributed by atoms with Crippen molar-refractivity contribution in [3.63, 3.8) is 0 Å². The van der Waals surface area contributed by atoms with Gasteiger partial charge in [-0.2, -0.15) is 0 Å².